The fourth-order valence-corrected chi connectivity index (χ4v) is 10.2. The van der Waals surface area contributed by atoms with Crippen molar-refractivity contribution in [1.82, 2.24) is 4.57 Å². The molecule has 0 bridgehead atoms. The maximum Gasteiger partial charge on any atom is 0.138 e. The molecule has 0 aliphatic heterocycles. The van der Waals surface area contributed by atoms with E-state index in [2.05, 4.69) is 240 Å². The van der Waals surface area contributed by atoms with Crippen LogP contribution in [0.15, 0.2) is 235 Å². The smallest absolute Gasteiger partial charge is 0.138 e. The van der Waals surface area contributed by atoms with Gasteiger partial charge in [0.1, 0.15) is 11.2 Å². The van der Waals surface area contributed by atoms with Crippen molar-refractivity contribution in [3.05, 3.63) is 231 Å². The Kier molecular flexibility index (Phi) is 7.91. The molecule has 0 radical (unpaired) electrons. The zero-order chi connectivity index (χ0) is 41.4. The van der Waals surface area contributed by atoms with Crippen LogP contribution >= 0.6 is 0 Å². The number of nitrogens with zero attached hydrogens (tertiary/aromatic N) is 2. The first-order valence-corrected chi connectivity index (χ1v) is 21.6. The Morgan fingerprint density at radius 1 is 0.302 bits per heavy atom. The molecule has 2 aromatic heterocycles. The number of fused-ring (bicyclic) bond motifs is 12. The van der Waals surface area contributed by atoms with Gasteiger partial charge in [-0.15, -0.1) is 0 Å². The summed E-state index contributed by atoms with van der Waals surface area (Å²) in [4.78, 5) is 2.33. The van der Waals surface area contributed by atoms with Gasteiger partial charge in [0.05, 0.1) is 11.0 Å². The van der Waals surface area contributed by atoms with E-state index < -0.39 is 0 Å². The largest absolute Gasteiger partial charge is 0.456 e. The maximum absolute atomic E-state index is 6.77. The van der Waals surface area contributed by atoms with Gasteiger partial charge in [0.25, 0.3) is 0 Å². The van der Waals surface area contributed by atoms with Crippen LogP contribution in [0.4, 0.5) is 17.1 Å². The molecule has 294 valence electrons. The molecule has 3 nitrogen and oxygen atoms in total. The summed E-state index contributed by atoms with van der Waals surface area (Å²) < 4.78 is 9.20. The highest BCUT2D eigenvalue weighted by atomic mass is 16.3. The van der Waals surface area contributed by atoms with E-state index in [1.54, 1.807) is 0 Å². The van der Waals surface area contributed by atoms with E-state index in [4.69, 9.17) is 4.42 Å². The Hall–Kier alpha value is -8.40. The molecular weight excluding hydrogens is 765 g/mol. The van der Waals surface area contributed by atoms with Crippen LogP contribution in [-0.2, 0) is 0 Å². The maximum atomic E-state index is 6.77. The highest BCUT2D eigenvalue weighted by Crippen LogP contribution is 2.48. The second-order valence-electron chi connectivity index (χ2n) is 16.4. The standard InChI is InChI=1S/C60H38N2O/c1-4-17-39(18-5-1)58-59-53-36-41(40-31-33-50-48-27-11-10-25-46(48)47-26-12-13-28-49(47)52(50)35-40)32-34-54(53)62(55(59)38-57-60(58)51-29-14-15-30-56(51)63-57)45-24-16-23-44(37-45)61(42-19-6-2-7-20-42)43-21-8-3-9-22-43/h1-38H. The Morgan fingerprint density at radius 2 is 0.825 bits per heavy atom. The molecule has 0 spiro atoms. The van der Waals surface area contributed by atoms with Gasteiger partial charge in [0, 0.05) is 55.9 Å². The van der Waals surface area contributed by atoms with Crippen molar-refractivity contribution in [2.45, 2.75) is 0 Å². The molecule has 0 atom stereocenters. The van der Waals surface area contributed by atoms with Crippen LogP contribution < -0.4 is 4.90 Å². The number of hydrogen-bond donors (Lipinski definition) is 0. The minimum Gasteiger partial charge on any atom is -0.456 e. The molecule has 0 fully saturated rings. The molecule has 0 saturated heterocycles. The molecule has 63 heavy (non-hydrogen) atoms. The van der Waals surface area contributed by atoms with Gasteiger partial charge in [-0.25, -0.2) is 0 Å². The quantitative estimate of drug-likeness (QED) is 0.156. The lowest BCUT2D eigenvalue weighted by Gasteiger charge is -2.26. The summed E-state index contributed by atoms with van der Waals surface area (Å²) >= 11 is 0. The third kappa shape index (κ3) is 5.53. The van der Waals surface area contributed by atoms with Gasteiger partial charge in [0.2, 0.25) is 0 Å². The second kappa shape index (κ2) is 14.1. The van der Waals surface area contributed by atoms with Crippen LogP contribution in [-0.4, -0.2) is 4.57 Å². The van der Waals surface area contributed by atoms with Crippen molar-refractivity contribution in [1.29, 1.82) is 0 Å². The summed E-state index contributed by atoms with van der Waals surface area (Å²) in [6.07, 6.45) is 0. The molecular formula is C60H38N2O. The van der Waals surface area contributed by atoms with Crippen molar-refractivity contribution in [2.75, 3.05) is 4.90 Å². The first-order chi connectivity index (χ1) is 31.3. The third-order valence-electron chi connectivity index (χ3n) is 12.9. The summed E-state index contributed by atoms with van der Waals surface area (Å²) in [5.41, 5.74) is 13.0. The number of rotatable bonds is 6. The van der Waals surface area contributed by atoms with E-state index in [9.17, 15) is 0 Å². The summed E-state index contributed by atoms with van der Waals surface area (Å²) in [5.74, 6) is 0. The molecule has 0 unspecified atom stereocenters. The lowest BCUT2D eigenvalue weighted by atomic mass is 9.91. The number of para-hydroxylation sites is 3. The van der Waals surface area contributed by atoms with Crippen molar-refractivity contribution in [3.63, 3.8) is 0 Å². The molecule has 0 amide bonds. The monoisotopic (exact) mass is 802 g/mol. The van der Waals surface area contributed by atoms with Crippen LogP contribution in [0.1, 0.15) is 0 Å². The molecule has 0 aliphatic rings. The normalized spacial score (nSPS) is 11.8. The molecule has 13 aromatic rings. The molecule has 2 heterocycles. The fourth-order valence-electron chi connectivity index (χ4n) is 10.2. The highest BCUT2D eigenvalue weighted by molar-refractivity contribution is 6.28. The Labute approximate surface area is 363 Å². The minimum absolute atomic E-state index is 0.867. The SMILES string of the molecule is c1ccc(-c2c3c(cc4c2c2cc(-c5ccc6c7ccccc7c7ccccc7c6c5)ccc2n4-c2cccc(N(c4ccccc4)c4ccccc4)c2)oc2ccccc23)cc1. The molecule has 0 N–H and O–H groups in total. The summed E-state index contributed by atoms with van der Waals surface area (Å²) in [6, 6.07) is 83.4. The zero-order valence-electron chi connectivity index (χ0n) is 34.2. The first-order valence-electron chi connectivity index (χ1n) is 21.6. The van der Waals surface area contributed by atoms with Gasteiger partial charge in [-0.3, -0.25) is 0 Å². The van der Waals surface area contributed by atoms with Gasteiger partial charge < -0.3 is 13.9 Å². The van der Waals surface area contributed by atoms with Crippen molar-refractivity contribution in [2.24, 2.45) is 0 Å². The van der Waals surface area contributed by atoms with Crippen LogP contribution in [0, 0.1) is 0 Å². The van der Waals surface area contributed by atoms with Gasteiger partial charge in [-0.05, 0) is 116 Å². The average molecular weight is 803 g/mol. The van der Waals surface area contributed by atoms with Crippen LogP contribution in [0.2, 0.25) is 0 Å². The third-order valence-corrected chi connectivity index (χ3v) is 12.9. The molecule has 0 aliphatic carbocycles. The van der Waals surface area contributed by atoms with E-state index >= 15 is 0 Å². The Bertz CT molecular complexity index is 3830. The highest BCUT2D eigenvalue weighted by Gasteiger charge is 2.24. The lowest BCUT2D eigenvalue weighted by Crippen LogP contribution is -2.10. The van der Waals surface area contributed by atoms with Crippen molar-refractivity contribution in [3.8, 4) is 27.9 Å². The number of aromatic nitrogens is 1. The average Bonchev–Trinajstić information content (AvgIpc) is 3.89. The predicted molar refractivity (Wildman–Crippen MR) is 266 cm³/mol. The predicted octanol–water partition coefficient (Wildman–Crippen LogP) is 16.9. The molecule has 3 heteroatoms. The zero-order valence-corrected chi connectivity index (χ0v) is 34.2. The first kappa shape index (κ1) is 35.4. The van der Waals surface area contributed by atoms with E-state index in [0.29, 0.717) is 0 Å². The Balaban J connectivity index is 1.12. The minimum atomic E-state index is 0.867. The van der Waals surface area contributed by atoms with E-state index in [1.165, 1.54) is 59.8 Å². The molecule has 0 saturated carbocycles. The number of furan rings is 1. The van der Waals surface area contributed by atoms with E-state index in [0.717, 1.165) is 61.3 Å². The second-order valence-corrected chi connectivity index (χ2v) is 16.4. The van der Waals surface area contributed by atoms with Gasteiger partial charge in [-0.2, -0.15) is 0 Å². The summed E-state index contributed by atoms with van der Waals surface area (Å²) in [5, 5.41) is 12.3. The molecule has 11 aromatic carbocycles. The molecule has 13 rings (SSSR count). The van der Waals surface area contributed by atoms with Crippen LogP contribution in [0.3, 0.4) is 0 Å². The van der Waals surface area contributed by atoms with Crippen molar-refractivity contribution >= 4 is 93.1 Å². The van der Waals surface area contributed by atoms with Crippen LogP contribution in [0.25, 0.3) is 104 Å². The lowest BCUT2D eigenvalue weighted by molar-refractivity contribution is 0.669. The van der Waals surface area contributed by atoms with E-state index in [1.807, 2.05) is 0 Å². The van der Waals surface area contributed by atoms with Gasteiger partial charge >= 0.3 is 0 Å². The number of hydrogen-bond acceptors (Lipinski definition) is 2. The van der Waals surface area contributed by atoms with Crippen LogP contribution in [0.5, 0.6) is 0 Å². The fraction of sp³-hybridized carbons (Fsp3) is 0. The van der Waals surface area contributed by atoms with E-state index in [-0.39, 0.29) is 0 Å². The van der Waals surface area contributed by atoms with Gasteiger partial charge in [0.15, 0.2) is 0 Å². The Morgan fingerprint density at radius 3 is 1.49 bits per heavy atom. The van der Waals surface area contributed by atoms with Gasteiger partial charge in [-0.1, -0.05) is 158 Å². The topological polar surface area (TPSA) is 21.3 Å². The summed E-state index contributed by atoms with van der Waals surface area (Å²) in [6.45, 7) is 0. The summed E-state index contributed by atoms with van der Waals surface area (Å²) in [7, 11) is 0. The number of benzene rings is 11. The van der Waals surface area contributed by atoms with Crippen molar-refractivity contribution < 1.29 is 4.42 Å². The number of anilines is 3.